The number of aromatic nitrogens is 1. The SMILES string of the molecule is Fc1ccc(Br)c(NCc2ccc3ccccc3n2)c1. The van der Waals surface area contributed by atoms with Gasteiger partial charge in [0, 0.05) is 9.86 Å². The number of rotatable bonds is 3. The van der Waals surface area contributed by atoms with Gasteiger partial charge >= 0.3 is 0 Å². The minimum Gasteiger partial charge on any atom is -0.378 e. The smallest absolute Gasteiger partial charge is 0.125 e. The molecule has 3 aromatic rings. The highest BCUT2D eigenvalue weighted by atomic mass is 79.9. The maximum absolute atomic E-state index is 13.2. The number of anilines is 1. The van der Waals surface area contributed by atoms with E-state index in [9.17, 15) is 4.39 Å². The number of benzene rings is 2. The number of hydrogen-bond acceptors (Lipinski definition) is 2. The number of para-hydroxylation sites is 1. The van der Waals surface area contributed by atoms with E-state index < -0.39 is 0 Å². The Morgan fingerprint density at radius 2 is 1.90 bits per heavy atom. The lowest BCUT2D eigenvalue weighted by Crippen LogP contribution is -2.02. The largest absolute Gasteiger partial charge is 0.378 e. The van der Waals surface area contributed by atoms with Crippen LogP contribution in [0.2, 0.25) is 0 Å². The molecular formula is C16H12BrFN2. The number of nitrogens with zero attached hydrogens (tertiary/aromatic N) is 1. The molecule has 1 heterocycles. The predicted molar refractivity (Wildman–Crippen MR) is 83.2 cm³/mol. The summed E-state index contributed by atoms with van der Waals surface area (Å²) in [5, 5.41) is 4.30. The summed E-state index contributed by atoms with van der Waals surface area (Å²) in [6.07, 6.45) is 0. The Morgan fingerprint density at radius 3 is 2.80 bits per heavy atom. The van der Waals surface area contributed by atoms with E-state index >= 15 is 0 Å². The molecule has 0 fully saturated rings. The fourth-order valence-corrected chi connectivity index (χ4v) is 2.41. The number of halogens is 2. The summed E-state index contributed by atoms with van der Waals surface area (Å²) in [7, 11) is 0. The molecule has 0 bridgehead atoms. The Balaban J connectivity index is 1.81. The second-order valence-electron chi connectivity index (χ2n) is 4.47. The van der Waals surface area contributed by atoms with E-state index in [1.54, 1.807) is 6.07 Å². The summed E-state index contributed by atoms with van der Waals surface area (Å²) in [5.74, 6) is -0.262. The lowest BCUT2D eigenvalue weighted by atomic mass is 10.2. The number of hydrogen-bond donors (Lipinski definition) is 1. The third-order valence-corrected chi connectivity index (χ3v) is 3.74. The molecule has 0 unspecified atom stereocenters. The minimum atomic E-state index is -0.262. The van der Waals surface area contributed by atoms with E-state index in [0.29, 0.717) is 6.54 Å². The molecule has 0 radical (unpaired) electrons. The van der Waals surface area contributed by atoms with Crippen LogP contribution in [0.15, 0.2) is 59.1 Å². The van der Waals surface area contributed by atoms with Crippen molar-refractivity contribution < 1.29 is 4.39 Å². The van der Waals surface area contributed by atoms with Gasteiger partial charge in [-0.3, -0.25) is 4.98 Å². The first-order valence-corrected chi connectivity index (χ1v) is 7.05. The summed E-state index contributed by atoms with van der Waals surface area (Å²) < 4.78 is 14.0. The molecule has 3 rings (SSSR count). The van der Waals surface area contributed by atoms with Gasteiger partial charge in [-0.1, -0.05) is 24.3 Å². The van der Waals surface area contributed by atoms with E-state index in [2.05, 4.69) is 26.2 Å². The minimum absolute atomic E-state index is 0.262. The molecule has 0 spiro atoms. The molecule has 0 aliphatic heterocycles. The zero-order valence-corrected chi connectivity index (χ0v) is 12.2. The molecule has 0 saturated heterocycles. The van der Waals surface area contributed by atoms with Gasteiger partial charge in [0.1, 0.15) is 5.82 Å². The van der Waals surface area contributed by atoms with Gasteiger partial charge in [0.15, 0.2) is 0 Å². The molecule has 2 nitrogen and oxygen atoms in total. The molecule has 4 heteroatoms. The Morgan fingerprint density at radius 1 is 1.05 bits per heavy atom. The standard InChI is InChI=1S/C16H12BrFN2/c17-14-8-6-12(18)9-16(14)19-10-13-7-5-11-3-1-2-4-15(11)20-13/h1-9,19H,10H2. The Bertz CT molecular complexity index is 758. The Kier molecular flexibility index (Phi) is 3.65. The molecule has 0 aliphatic carbocycles. The van der Waals surface area contributed by atoms with Crippen LogP contribution in [0.25, 0.3) is 10.9 Å². The summed E-state index contributed by atoms with van der Waals surface area (Å²) in [5.41, 5.74) is 2.60. The summed E-state index contributed by atoms with van der Waals surface area (Å²) in [6.45, 7) is 0.548. The van der Waals surface area contributed by atoms with Crippen molar-refractivity contribution in [2.75, 3.05) is 5.32 Å². The second kappa shape index (κ2) is 5.59. The number of pyridine rings is 1. The Hall–Kier alpha value is -1.94. The fraction of sp³-hybridized carbons (Fsp3) is 0.0625. The highest BCUT2D eigenvalue weighted by Crippen LogP contribution is 2.23. The van der Waals surface area contributed by atoms with Crippen molar-refractivity contribution in [2.45, 2.75) is 6.54 Å². The van der Waals surface area contributed by atoms with Crippen LogP contribution < -0.4 is 5.32 Å². The van der Waals surface area contributed by atoms with E-state index in [-0.39, 0.29) is 5.82 Å². The van der Waals surface area contributed by atoms with Gasteiger partial charge in [-0.15, -0.1) is 0 Å². The topological polar surface area (TPSA) is 24.9 Å². The second-order valence-corrected chi connectivity index (χ2v) is 5.33. The van der Waals surface area contributed by atoms with Crippen molar-refractivity contribution in [2.24, 2.45) is 0 Å². The molecule has 100 valence electrons. The first-order chi connectivity index (χ1) is 9.72. The third kappa shape index (κ3) is 2.80. The molecule has 0 amide bonds. The highest BCUT2D eigenvalue weighted by molar-refractivity contribution is 9.10. The maximum Gasteiger partial charge on any atom is 0.125 e. The molecular weight excluding hydrogens is 319 g/mol. The maximum atomic E-state index is 13.2. The average molecular weight is 331 g/mol. The number of fused-ring (bicyclic) bond motifs is 1. The normalized spacial score (nSPS) is 10.7. The van der Waals surface area contributed by atoms with E-state index in [4.69, 9.17) is 0 Å². The zero-order chi connectivity index (χ0) is 13.9. The van der Waals surface area contributed by atoms with Crippen LogP contribution in [0.5, 0.6) is 0 Å². The van der Waals surface area contributed by atoms with Gasteiger partial charge < -0.3 is 5.32 Å². The number of nitrogens with one attached hydrogen (secondary N) is 1. The van der Waals surface area contributed by atoms with E-state index in [1.165, 1.54) is 12.1 Å². The predicted octanol–water partition coefficient (Wildman–Crippen LogP) is 4.75. The van der Waals surface area contributed by atoms with E-state index in [1.807, 2.05) is 36.4 Å². The third-order valence-electron chi connectivity index (χ3n) is 3.04. The zero-order valence-electron chi connectivity index (χ0n) is 10.6. The van der Waals surface area contributed by atoms with Crippen LogP contribution in [0.3, 0.4) is 0 Å². The quantitative estimate of drug-likeness (QED) is 0.749. The van der Waals surface area contributed by atoms with Crippen molar-refractivity contribution in [3.8, 4) is 0 Å². The first kappa shape index (κ1) is 13.1. The summed E-state index contributed by atoms with van der Waals surface area (Å²) in [4.78, 5) is 4.57. The van der Waals surface area contributed by atoms with Gasteiger partial charge in [-0.2, -0.15) is 0 Å². The van der Waals surface area contributed by atoms with Crippen molar-refractivity contribution in [1.82, 2.24) is 4.98 Å². The van der Waals surface area contributed by atoms with Crippen LogP contribution in [-0.2, 0) is 6.54 Å². The van der Waals surface area contributed by atoms with Gasteiger partial charge in [0.25, 0.3) is 0 Å². The Labute approximate surface area is 124 Å². The molecule has 1 aromatic heterocycles. The highest BCUT2D eigenvalue weighted by Gasteiger charge is 2.03. The van der Waals surface area contributed by atoms with Crippen LogP contribution in [-0.4, -0.2) is 4.98 Å². The molecule has 0 atom stereocenters. The molecule has 0 saturated carbocycles. The van der Waals surface area contributed by atoms with Gasteiger partial charge in [0.05, 0.1) is 23.4 Å². The fourth-order valence-electron chi connectivity index (χ4n) is 2.03. The molecule has 0 aliphatic rings. The lowest BCUT2D eigenvalue weighted by molar-refractivity contribution is 0.628. The van der Waals surface area contributed by atoms with Crippen LogP contribution in [0.4, 0.5) is 10.1 Å². The first-order valence-electron chi connectivity index (χ1n) is 6.26. The van der Waals surface area contributed by atoms with Gasteiger partial charge in [-0.25, -0.2) is 4.39 Å². The van der Waals surface area contributed by atoms with Crippen LogP contribution in [0, 0.1) is 5.82 Å². The summed E-state index contributed by atoms with van der Waals surface area (Å²) in [6, 6.07) is 16.6. The monoisotopic (exact) mass is 330 g/mol. The van der Waals surface area contributed by atoms with E-state index in [0.717, 1.165) is 26.8 Å². The van der Waals surface area contributed by atoms with Gasteiger partial charge in [-0.05, 0) is 46.3 Å². The molecule has 2 aromatic carbocycles. The van der Waals surface area contributed by atoms with Gasteiger partial charge in [0.2, 0.25) is 0 Å². The van der Waals surface area contributed by atoms with Crippen LogP contribution >= 0.6 is 15.9 Å². The van der Waals surface area contributed by atoms with Crippen molar-refractivity contribution >= 4 is 32.5 Å². The van der Waals surface area contributed by atoms with Crippen molar-refractivity contribution in [3.05, 3.63) is 70.6 Å². The summed E-state index contributed by atoms with van der Waals surface area (Å²) >= 11 is 3.39. The van der Waals surface area contributed by atoms with Crippen molar-refractivity contribution in [1.29, 1.82) is 0 Å². The molecule has 20 heavy (non-hydrogen) atoms. The average Bonchev–Trinajstić information content (AvgIpc) is 2.48. The van der Waals surface area contributed by atoms with Crippen LogP contribution in [0.1, 0.15) is 5.69 Å². The van der Waals surface area contributed by atoms with Crippen molar-refractivity contribution in [3.63, 3.8) is 0 Å². The molecule has 1 N–H and O–H groups in total. The lowest BCUT2D eigenvalue weighted by Gasteiger charge is -2.09.